The lowest BCUT2D eigenvalue weighted by atomic mass is 10.1. The summed E-state index contributed by atoms with van der Waals surface area (Å²) in [5.74, 6) is 0.263. The third-order valence-corrected chi connectivity index (χ3v) is 6.30. The summed E-state index contributed by atoms with van der Waals surface area (Å²) in [6, 6.07) is 4.51. The topological polar surface area (TPSA) is 63.4 Å². The van der Waals surface area contributed by atoms with Crippen LogP contribution in [-0.4, -0.2) is 24.9 Å². The minimum absolute atomic E-state index is 0.0898. The zero-order valence-corrected chi connectivity index (χ0v) is 14.9. The molecule has 0 aliphatic heterocycles. The van der Waals surface area contributed by atoms with Crippen LogP contribution >= 0.6 is 23.2 Å². The Balaban J connectivity index is 2.44. The summed E-state index contributed by atoms with van der Waals surface area (Å²) in [6.07, 6.45) is 0. The predicted molar refractivity (Wildman–Crippen MR) is 85.8 cm³/mol. The van der Waals surface area contributed by atoms with Crippen molar-refractivity contribution in [3.8, 4) is 0 Å². The number of rotatable bonds is 4. The molecule has 0 spiro atoms. The number of nitrogens with zero attached hydrogens (tertiary/aromatic N) is 2. The van der Waals surface area contributed by atoms with Crippen LogP contribution in [0.1, 0.15) is 30.0 Å². The first-order chi connectivity index (χ1) is 10.2. The van der Waals surface area contributed by atoms with Crippen molar-refractivity contribution in [2.75, 3.05) is 7.05 Å². The van der Waals surface area contributed by atoms with Crippen molar-refractivity contribution in [2.45, 2.75) is 31.7 Å². The van der Waals surface area contributed by atoms with E-state index in [1.165, 1.54) is 11.4 Å². The van der Waals surface area contributed by atoms with Gasteiger partial charge in [0, 0.05) is 23.1 Å². The van der Waals surface area contributed by atoms with Crippen molar-refractivity contribution in [3.63, 3.8) is 0 Å². The van der Waals surface area contributed by atoms with E-state index in [1.807, 2.05) is 0 Å². The quantitative estimate of drug-likeness (QED) is 0.824. The standard InChI is InChI=1S/C14H16Cl2N2O3S/c1-8-14(10(3)21-17-8)22(19,20)18(4)9(2)12-6-5-11(15)7-13(12)16/h5-7,9H,1-4H3/t9-/m0/s1. The van der Waals surface area contributed by atoms with E-state index in [0.717, 1.165) is 0 Å². The SMILES string of the molecule is Cc1noc(C)c1S(=O)(=O)N(C)[C@@H](C)c1ccc(Cl)cc1Cl. The molecule has 1 aromatic carbocycles. The summed E-state index contributed by atoms with van der Waals surface area (Å²) < 4.78 is 31.8. The van der Waals surface area contributed by atoms with Crippen molar-refractivity contribution >= 4 is 33.2 Å². The summed E-state index contributed by atoms with van der Waals surface area (Å²) in [5, 5.41) is 4.62. The number of sulfonamides is 1. The molecule has 0 saturated carbocycles. The molecule has 22 heavy (non-hydrogen) atoms. The minimum atomic E-state index is -3.75. The summed E-state index contributed by atoms with van der Waals surface area (Å²) >= 11 is 12.0. The van der Waals surface area contributed by atoms with Crippen LogP contribution in [0, 0.1) is 13.8 Å². The third-order valence-electron chi connectivity index (χ3n) is 3.56. The van der Waals surface area contributed by atoms with Crippen molar-refractivity contribution in [2.24, 2.45) is 0 Å². The van der Waals surface area contributed by atoms with Crippen molar-refractivity contribution in [1.29, 1.82) is 0 Å². The fourth-order valence-electron chi connectivity index (χ4n) is 2.23. The Bertz CT molecular complexity index is 783. The van der Waals surface area contributed by atoms with Gasteiger partial charge in [-0.15, -0.1) is 0 Å². The first-order valence-electron chi connectivity index (χ1n) is 6.52. The average molecular weight is 363 g/mol. The molecule has 0 saturated heterocycles. The van der Waals surface area contributed by atoms with Gasteiger partial charge in [-0.3, -0.25) is 0 Å². The Morgan fingerprint density at radius 3 is 2.41 bits per heavy atom. The van der Waals surface area contributed by atoms with Crippen LogP contribution in [0.2, 0.25) is 10.0 Å². The van der Waals surface area contributed by atoms with Gasteiger partial charge in [0.1, 0.15) is 10.6 Å². The van der Waals surface area contributed by atoms with Crippen LogP contribution in [0.4, 0.5) is 0 Å². The molecule has 0 bridgehead atoms. The van der Waals surface area contributed by atoms with E-state index in [0.29, 0.717) is 21.3 Å². The smallest absolute Gasteiger partial charge is 0.248 e. The minimum Gasteiger partial charge on any atom is -0.360 e. The Hall–Kier alpha value is -1.08. The van der Waals surface area contributed by atoms with Crippen LogP contribution < -0.4 is 0 Å². The second kappa shape index (κ2) is 6.20. The molecule has 0 amide bonds. The van der Waals surface area contributed by atoms with Gasteiger partial charge in [0.05, 0.1) is 0 Å². The molecule has 0 radical (unpaired) electrons. The van der Waals surface area contributed by atoms with Crippen LogP contribution in [0.3, 0.4) is 0 Å². The van der Waals surface area contributed by atoms with Crippen LogP contribution in [0.5, 0.6) is 0 Å². The highest BCUT2D eigenvalue weighted by Crippen LogP contribution is 2.33. The molecular weight excluding hydrogens is 347 g/mol. The molecule has 0 unspecified atom stereocenters. The molecule has 1 aromatic heterocycles. The van der Waals surface area contributed by atoms with Crippen molar-refractivity contribution in [3.05, 3.63) is 45.3 Å². The van der Waals surface area contributed by atoms with Crippen molar-refractivity contribution in [1.82, 2.24) is 9.46 Å². The maximum absolute atomic E-state index is 12.8. The van der Waals surface area contributed by atoms with E-state index in [2.05, 4.69) is 5.16 Å². The van der Waals surface area contributed by atoms with Crippen LogP contribution in [0.15, 0.2) is 27.6 Å². The molecule has 0 aliphatic rings. The molecule has 1 atom stereocenters. The lowest BCUT2D eigenvalue weighted by Crippen LogP contribution is -2.30. The molecule has 0 aliphatic carbocycles. The first kappa shape index (κ1) is 17.3. The van der Waals surface area contributed by atoms with E-state index in [-0.39, 0.29) is 10.7 Å². The number of benzene rings is 1. The fourth-order valence-corrected chi connectivity index (χ4v) is 4.43. The molecule has 2 rings (SSSR count). The molecule has 8 heteroatoms. The van der Waals surface area contributed by atoms with E-state index in [9.17, 15) is 8.42 Å². The fraction of sp³-hybridized carbons (Fsp3) is 0.357. The molecule has 2 aromatic rings. The Morgan fingerprint density at radius 2 is 1.91 bits per heavy atom. The normalized spacial score (nSPS) is 13.6. The number of aromatic nitrogens is 1. The van der Waals surface area contributed by atoms with Gasteiger partial charge in [-0.2, -0.15) is 4.31 Å². The summed E-state index contributed by atoms with van der Waals surface area (Å²) in [5.41, 5.74) is 1.00. The monoisotopic (exact) mass is 362 g/mol. The van der Waals surface area contributed by atoms with Gasteiger partial charge in [0.15, 0.2) is 5.76 Å². The largest absolute Gasteiger partial charge is 0.360 e. The zero-order chi connectivity index (χ0) is 16.7. The highest BCUT2D eigenvalue weighted by molar-refractivity contribution is 7.89. The lowest BCUT2D eigenvalue weighted by molar-refractivity contribution is 0.384. The number of halogens is 2. The Kier molecular flexibility index (Phi) is 4.87. The van der Waals surface area contributed by atoms with E-state index in [1.54, 1.807) is 39.0 Å². The van der Waals surface area contributed by atoms with E-state index < -0.39 is 16.1 Å². The van der Waals surface area contributed by atoms with Gasteiger partial charge in [-0.1, -0.05) is 34.4 Å². The highest BCUT2D eigenvalue weighted by atomic mass is 35.5. The molecule has 0 N–H and O–H groups in total. The summed E-state index contributed by atoms with van der Waals surface area (Å²) in [7, 11) is -2.25. The summed E-state index contributed by atoms with van der Waals surface area (Å²) in [6.45, 7) is 4.92. The zero-order valence-electron chi connectivity index (χ0n) is 12.6. The van der Waals surface area contributed by atoms with Gasteiger partial charge in [-0.05, 0) is 38.5 Å². The highest BCUT2D eigenvalue weighted by Gasteiger charge is 2.32. The molecule has 0 fully saturated rings. The third kappa shape index (κ3) is 3.01. The van der Waals surface area contributed by atoms with Gasteiger partial charge in [0.25, 0.3) is 0 Å². The number of hydrogen-bond donors (Lipinski definition) is 0. The Labute approximate surface area is 139 Å². The van der Waals surface area contributed by atoms with Crippen LogP contribution in [-0.2, 0) is 10.0 Å². The molecule has 5 nitrogen and oxygen atoms in total. The second-order valence-electron chi connectivity index (χ2n) is 5.02. The lowest BCUT2D eigenvalue weighted by Gasteiger charge is -2.25. The van der Waals surface area contributed by atoms with Gasteiger partial charge < -0.3 is 4.52 Å². The number of aryl methyl sites for hydroxylation is 2. The summed E-state index contributed by atoms with van der Waals surface area (Å²) in [4.78, 5) is 0.0898. The molecular formula is C14H16Cl2N2O3S. The maximum atomic E-state index is 12.8. The van der Waals surface area contributed by atoms with E-state index in [4.69, 9.17) is 27.7 Å². The van der Waals surface area contributed by atoms with Gasteiger partial charge in [-0.25, -0.2) is 8.42 Å². The van der Waals surface area contributed by atoms with Gasteiger partial charge in [0.2, 0.25) is 10.0 Å². The molecule has 1 heterocycles. The predicted octanol–water partition coefficient (Wildman–Crippen LogP) is 3.98. The maximum Gasteiger partial charge on any atom is 0.248 e. The van der Waals surface area contributed by atoms with E-state index >= 15 is 0 Å². The van der Waals surface area contributed by atoms with Crippen LogP contribution in [0.25, 0.3) is 0 Å². The molecule has 120 valence electrons. The van der Waals surface area contributed by atoms with Gasteiger partial charge >= 0.3 is 0 Å². The second-order valence-corrected chi connectivity index (χ2v) is 7.79. The number of hydrogen-bond acceptors (Lipinski definition) is 4. The average Bonchev–Trinajstić information content (AvgIpc) is 2.77. The van der Waals surface area contributed by atoms with Crippen molar-refractivity contribution < 1.29 is 12.9 Å². The Morgan fingerprint density at radius 1 is 1.27 bits per heavy atom. The first-order valence-corrected chi connectivity index (χ1v) is 8.71.